The monoisotopic (exact) mass is 286 g/mol. The Hall–Kier alpha value is -1.68. The highest BCUT2D eigenvalue weighted by Gasteiger charge is 2.22. The number of nitrogens with zero attached hydrogens (tertiary/aromatic N) is 1. The van der Waals surface area contributed by atoms with Gasteiger partial charge >= 0.3 is 0 Å². The largest absolute Gasteiger partial charge is 0.321 e. The maximum atomic E-state index is 12.3. The summed E-state index contributed by atoms with van der Waals surface area (Å²) in [6.45, 7) is 2.25. The average molecular weight is 286 g/mol. The maximum Gasteiger partial charge on any atom is 0.265 e. The van der Waals surface area contributed by atoms with E-state index in [1.165, 1.54) is 23.3 Å². The van der Waals surface area contributed by atoms with E-state index in [0.717, 1.165) is 29.3 Å². The molecule has 4 heteroatoms. The second-order valence-electron chi connectivity index (χ2n) is 5.27. The molecule has 2 aromatic rings. The fourth-order valence-electron chi connectivity index (χ4n) is 2.69. The predicted molar refractivity (Wildman–Crippen MR) is 82.3 cm³/mol. The quantitative estimate of drug-likeness (QED) is 0.929. The molecule has 3 nitrogen and oxygen atoms in total. The van der Waals surface area contributed by atoms with Gasteiger partial charge in [-0.1, -0.05) is 13.3 Å². The summed E-state index contributed by atoms with van der Waals surface area (Å²) in [5.41, 5.74) is 2.18. The number of rotatable bonds is 3. The normalized spacial score (nSPS) is 17.6. The van der Waals surface area contributed by atoms with Crippen LogP contribution in [0.15, 0.2) is 30.6 Å². The van der Waals surface area contributed by atoms with E-state index in [1.807, 2.05) is 0 Å². The number of pyridine rings is 1. The first-order valence-corrected chi connectivity index (χ1v) is 7.91. The molecule has 1 atom stereocenters. The number of hydrogen-bond acceptors (Lipinski definition) is 3. The summed E-state index contributed by atoms with van der Waals surface area (Å²) >= 11 is 1.65. The number of nitrogens with one attached hydrogen (secondary N) is 1. The molecule has 1 N–H and O–H groups in total. The van der Waals surface area contributed by atoms with Crippen LogP contribution in [0, 0.1) is 5.92 Å². The van der Waals surface area contributed by atoms with Crippen LogP contribution < -0.4 is 5.32 Å². The van der Waals surface area contributed by atoms with Crippen LogP contribution in [0.4, 0.5) is 5.69 Å². The van der Waals surface area contributed by atoms with Crippen molar-refractivity contribution in [1.82, 2.24) is 4.98 Å². The molecule has 0 aliphatic heterocycles. The molecule has 0 saturated carbocycles. The van der Waals surface area contributed by atoms with Gasteiger partial charge in [0.15, 0.2) is 0 Å². The number of anilines is 1. The molecule has 1 amide bonds. The number of thiophene rings is 1. The summed E-state index contributed by atoms with van der Waals surface area (Å²) in [7, 11) is 0. The molecule has 0 saturated heterocycles. The first-order valence-electron chi connectivity index (χ1n) is 7.09. The summed E-state index contributed by atoms with van der Waals surface area (Å²) in [5, 5.41) is 2.92. The number of carbonyl (C=O) groups excluding carboxylic acids is 1. The van der Waals surface area contributed by atoms with Crippen molar-refractivity contribution in [2.75, 3.05) is 5.32 Å². The van der Waals surface area contributed by atoms with Crippen LogP contribution in [0.25, 0.3) is 0 Å². The van der Waals surface area contributed by atoms with Gasteiger partial charge < -0.3 is 5.32 Å². The topological polar surface area (TPSA) is 42.0 Å². The van der Waals surface area contributed by atoms with Crippen LogP contribution in [0.5, 0.6) is 0 Å². The Bertz CT molecular complexity index is 606. The van der Waals surface area contributed by atoms with Crippen LogP contribution in [0.1, 0.15) is 39.9 Å². The van der Waals surface area contributed by atoms with Crippen molar-refractivity contribution in [3.05, 3.63) is 45.9 Å². The highest BCUT2D eigenvalue weighted by Crippen LogP contribution is 2.33. The molecule has 2 heterocycles. The molecule has 20 heavy (non-hydrogen) atoms. The molecule has 1 aliphatic rings. The molecule has 1 aliphatic carbocycles. The lowest BCUT2D eigenvalue weighted by Crippen LogP contribution is -2.11. The fourth-order valence-corrected chi connectivity index (χ4v) is 3.79. The van der Waals surface area contributed by atoms with Crippen LogP contribution in [-0.4, -0.2) is 10.9 Å². The zero-order valence-electron chi connectivity index (χ0n) is 11.6. The van der Waals surface area contributed by atoms with Gasteiger partial charge in [-0.25, -0.2) is 0 Å². The Morgan fingerprint density at radius 2 is 2.25 bits per heavy atom. The lowest BCUT2D eigenvalue weighted by Gasteiger charge is -2.19. The second-order valence-corrected chi connectivity index (χ2v) is 6.40. The molecule has 0 radical (unpaired) electrons. The minimum absolute atomic E-state index is 0.0105. The van der Waals surface area contributed by atoms with E-state index >= 15 is 0 Å². The third kappa shape index (κ3) is 2.75. The molecule has 3 rings (SSSR count). The highest BCUT2D eigenvalue weighted by molar-refractivity contribution is 7.14. The summed E-state index contributed by atoms with van der Waals surface area (Å²) in [6, 6.07) is 5.69. The Morgan fingerprint density at radius 1 is 1.45 bits per heavy atom. The van der Waals surface area contributed by atoms with E-state index in [-0.39, 0.29) is 5.91 Å². The van der Waals surface area contributed by atoms with Gasteiger partial charge in [-0.2, -0.15) is 0 Å². The Balaban J connectivity index is 1.75. The third-order valence-electron chi connectivity index (χ3n) is 3.92. The van der Waals surface area contributed by atoms with Crippen molar-refractivity contribution >= 4 is 22.9 Å². The number of amides is 1. The van der Waals surface area contributed by atoms with E-state index < -0.39 is 0 Å². The summed E-state index contributed by atoms with van der Waals surface area (Å²) in [4.78, 5) is 18.4. The summed E-state index contributed by atoms with van der Waals surface area (Å²) < 4.78 is 0. The van der Waals surface area contributed by atoms with Crippen LogP contribution in [0.2, 0.25) is 0 Å². The van der Waals surface area contributed by atoms with Gasteiger partial charge in [0.05, 0.1) is 4.88 Å². The Kier molecular flexibility index (Phi) is 3.83. The first-order chi connectivity index (χ1) is 9.76. The Morgan fingerprint density at radius 3 is 3.00 bits per heavy atom. The fraction of sp³-hybridized carbons (Fsp3) is 0.375. The zero-order chi connectivity index (χ0) is 13.9. The number of carbonyl (C=O) groups is 1. The van der Waals surface area contributed by atoms with Crippen molar-refractivity contribution in [3.8, 4) is 0 Å². The molecular weight excluding hydrogens is 268 g/mol. The minimum Gasteiger partial charge on any atom is -0.321 e. The van der Waals surface area contributed by atoms with Gasteiger partial charge in [-0.3, -0.25) is 9.78 Å². The van der Waals surface area contributed by atoms with E-state index in [1.54, 1.807) is 35.9 Å². The van der Waals surface area contributed by atoms with Crippen molar-refractivity contribution in [1.29, 1.82) is 0 Å². The van der Waals surface area contributed by atoms with E-state index in [9.17, 15) is 4.79 Å². The van der Waals surface area contributed by atoms with Gasteiger partial charge in [-0.05, 0) is 48.9 Å². The lowest BCUT2D eigenvalue weighted by atomic mass is 9.87. The molecule has 0 bridgehead atoms. The van der Waals surface area contributed by atoms with Crippen molar-refractivity contribution in [2.24, 2.45) is 5.92 Å². The zero-order valence-corrected chi connectivity index (χ0v) is 12.4. The SMILES string of the molecule is CC[C@@H]1CCc2sc(C(=O)Nc3ccncc3)cc2C1. The molecule has 104 valence electrons. The highest BCUT2D eigenvalue weighted by atomic mass is 32.1. The van der Waals surface area contributed by atoms with Gasteiger partial charge in [0.1, 0.15) is 0 Å². The molecule has 0 aromatic carbocycles. The number of aromatic nitrogens is 1. The van der Waals surface area contributed by atoms with Crippen molar-refractivity contribution in [3.63, 3.8) is 0 Å². The van der Waals surface area contributed by atoms with Gasteiger partial charge in [0, 0.05) is 23.0 Å². The van der Waals surface area contributed by atoms with Crippen molar-refractivity contribution < 1.29 is 4.79 Å². The lowest BCUT2D eigenvalue weighted by molar-refractivity contribution is 0.103. The third-order valence-corrected chi connectivity index (χ3v) is 5.16. The average Bonchev–Trinajstić information content (AvgIpc) is 2.91. The molecular formula is C16H18N2OS. The molecule has 0 unspecified atom stereocenters. The minimum atomic E-state index is -0.0105. The maximum absolute atomic E-state index is 12.3. The van der Waals surface area contributed by atoms with Gasteiger partial charge in [-0.15, -0.1) is 11.3 Å². The smallest absolute Gasteiger partial charge is 0.265 e. The summed E-state index contributed by atoms with van der Waals surface area (Å²) in [5.74, 6) is 0.775. The van der Waals surface area contributed by atoms with Crippen LogP contribution >= 0.6 is 11.3 Å². The van der Waals surface area contributed by atoms with E-state index in [4.69, 9.17) is 0 Å². The second kappa shape index (κ2) is 5.75. The van der Waals surface area contributed by atoms with Crippen LogP contribution in [-0.2, 0) is 12.8 Å². The van der Waals surface area contributed by atoms with Crippen molar-refractivity contribution in [2.45, 2.75) is 32.6 Å². The van der Waals surface area contributed by atoms with Gasteiger partial charge in [0.2, 0.25) is 0 Å². The molecule has 0 spiro atoms. The molecule has 2 aromatic heterocycles. The number of aryl methyl sites for hydroxylation is 1. The van der Waals surface area contributed by atoms with Gasteiger partial charge in [0.25, 0.3) is 5.91 Å². The standard InChI is InChI=1S/C16H18N2OS/c1-2-11-3-4-14-12(9-11)10-15(20-14)16(19)18-13-5-7-17-8-6-13/h5-8,10-11H,2-4,9H2,1H3,(H,17,18,19)/t11-/m1/s1. The Labute approximate surface area is 123 Å². The van der Waals surface area contributed by atoms with E-state index in [0.29, 0.717) is 0 Å². The van der Waals surface area contributed by atoms with E-state index in [2.05, 4.69) is 23.3 Å². The van der Waals surface area contributed by atoms with Crippen LogP contribution in [0.3, 0.4) is 0 Å². The summed E-state index contributed by atoms with van der Waals surface area (Å²) in [6.07, 6.45) is 8.11. The predicted octanol–water partition coefficient (Wildman–Crippen LogP) is 3.91. The molecule has 0 fully saturated rings. The number of fused-ring (bicyclic) bond motifs is 1. The number of hydrogen-bond donors (Lipinski definition) is 1. The first kappa shape index (κ1) is 13.3.